The SMILES string of the molecule is Cc1c[nH]c2ccnc(C(F)(F)F)c12. The molecule has 0 aliphatic rings. The monoisotopic (exact) mass is 200 g/mol. The summed E-state index contributed by atoms with van der Waals surface area (Å²) in [4.78, 5) is 6.13. The molecule has 0 saturated carbocycles. The van der Waals surface area contributed by atoms with E-state index < -0.39 is 11.9 Å². The van der Waals surface area contributed by atoms with Gasteiger partial charge in [-0.1, -0.05) is 0 Å². The Hall–Kier alpha value is -1.52. The van der Waals surface area contributed by atoms with E-state index in [9.17, 15) is 13.2 Å². The topological polar surface area (TPSA) is 28.7 Å². The quantitative estimate of drug-likeness (QED) is 0.695. The first kappa shape index (κ1) is 9.05. The average Bonchev–Trinajstić information content (AvgIpc) is 2.46. The molecular weight excluding hydrogens is 193 g/mol. The van der Waals surface area contributed by atoms with E-state index in [0.29, 0.717) is 11.1 Å². The van der Waals surface area contributed by atoms with E-state index in [1.807, 2.05) is 0 Å². The van der Waals surface area contributed by atoms with E-state index >= 15 is 0 Å². The summed E-state index contributed by atoms with van der Waals surface area (Å²) in [5, 5.41) is 0.153. The number of H-pyrrole nitrogens is 1. The third kappa shape index (κ3) is 1.25. The van der Waals surface area contributed by atoms with Gasteiger partial charge < -0.3 is 4.98 Å². The summed E-state index contributed by atoms with van der Waals surface area (Å²) in [6, 6.07) is 1.53. The van der Waals surface area contributed by atoms with Crippen LogP contribution in [0.25, 0.3) is 10.9 Å². The summed E-state index contributed by atoms with van der Waals surface area (Å²) in [5.74, 6) is 0. The minimum atomic E-state index is -4.40. The summed E-state index contributed by atoms with van der Waals surface area (Å²) in [6.45, 7) is 1.62. The number of hydrogen-bond acceptors (Lipinski definition) is 1. The fraction of sp³-hybridized carbons (Fsp3) is 0.222. The second kappa shape index (κ2) is 2.73. The van der Waals surface area contributed by atoms with Gasteiger partial charge in [0, 0.05) is 23.3 Å². The second-order valence-electron chi connectivity index (χ2n) is 3.05. The number of nitrogens with one attached hydrogen (secondary N) is 1. The molecule has 0 aliphatic carbocycles. The normalized spacial score (nSPS) is 12.3. The molecule has 0 saturated heterocycles. The van der Waals surface area contributed by atoms with Gasteiger partial charge in [-0.2, -0.15) is 13.2 Å². The minimum Gasteiger partial charge on any atom is -0.361 e. The van der Waals surface area contributed by atoms with Crippen LogP contribution in [-0.4, -0.2) is 9.97 Å². The molecule has 2 aromatic heterocycles. The van der Waals surface area contributed by atoms with Gasteiger partial charge in [0.15, 0.2) is 5.69 Å². The van der Waals surface area contributed by atoms with Crippen molar-refractivity contribution in [1.82, 2.24) is 9.97 Å². The zero-order valence-electron chi connectivity index (χ0n) is 7.31. The second-order valence-corrected chi connectivity index (χ2v) is 3.05. The molecule has 0 aromatic carbocycles. The Kier molecular flexibility index (Phi) is 1.77. The Balaban J connectivity index is 2.82. The van der Waals surface area contributed by atoms with Crippen molar-refractivity contribution in [2.45, 2.75) is 13.1 Å². The molecule has 74 valence electrons. The highest BCUT2D eigenvalue weighted by molar-refractivity contribution is 5.85. The molecule has 0 amide bonds. The van der Waals surface area contributed by atoms with Crippen molar-refractivity contribution in [1.29, 1.82) is 0 Å². The van der Waals surface area contributed by atoms with Crippen LogP contribution >= 0.6 is 0 Å². The number of aromatic nitrogens is 2. The maximum atomic E-state index is 12.5. The molecule has 0 fully saturated rings. The van der Waals surface area contributed by atoms with Crippen molar-refractivity contribution in [2.75, 3.05) is 0 Å². The van der Waals surface area contributed by atoms with Crippen LogP contribution in [0.2, 0.25) is 0 Å². The number of fused-ring (bicyclic) bond motifs is 1. The Morgan fingerprint density at radius 2 is 2.07 bits per heavy atom. The molecule has 2 aromatic rings. The lowest BCUT2D eigenvalue weighted by Gasteiger charge is -2.06. The molecule has 5 heteroatoms. The summed E-state index contributed by atoms with van der Waals surface area (Å²) in [6.07, 6.45) is -1.70. The van der Waals surface area contributed by atoms with Crippen molar-refractivity contribution in [2.24, 2.45) is 0 Å². The number of alkyl halides is 3. The Bertz CT molecular complexity index is 470. The van der Waals surface area contributed by atoms with Gasteiger partial charge in [0.05, 0.1) is 0 Å². The molecule has 2 rings (SSSR count). The number of pyridine rings is 1. The van der Waals surface area contributed by atoms with Crippen molar-refractivity contribution >= 4 is 10.9 Å². The summed E-state index contributed by atoms with van der Waals surface area (Å²) < 4.78 is 37.5. The molecule has 2 heterocycles. The fourth-order valence-electron chi connectivity index (χ4n) is 1.45. The van der Waals surface area contributed by atoms with E-state index in [2.05, 4.69) is 9.97 Å². The first-order valence-corrected chi connectivity index (χ1v) is 4.00. The van der Waals surface area contributed by atoms with Gasteiger partial charge >= 0.3 is 6.18 Å². The van der Waals surface area contributed by atoms with E-state index in [-0.39, 0.29) is 5.39 Å². The first-order chi connectivity index (χ1) is 6.50. The lowest BCUT2D eigenvalue weighted by atomic mass is 10.1. The Labute approximate surface area is 77.8 Å². The maximum absolute atomic E-state index is 12.5. The fourth-order valence-corrected chi connectivity index (χ4v) is 1.45. The third-order valence-electron chi connectivity index (χ3n) is 2.06. The minimum absolute atomic E-state index is 0.153. The zero-order chi connectivity index (χ0) is 10.3. The molecule has 1 N–H and O–H groups in total. The number of aryl methyl sites for hydroxylation is 1. The molecule has 0 radical (unpaired) electrons. The van der Waals surface area contributed by atoms with Crippen LogP contribution < -0.4 is 0 Å². The Morgan fingerprint density at radius 3 is 2.71 bits per heavy atom. The predicted octanol–water partition coefficient (Wildman–Crippen LogP) is 2.89. The van der Waals surface area contributed by atoms with Gasteiger partial charge in [0.1, 0.15) is 0 Å². The van der Waals surface area contributed by atoms with Gasteiger partial charge in [-0.15, -0.1) is 0 Å². The largest absolute Gasteiger partial charge is 0.434 e. The molecule has 0 atom stereocenters. The third-order valence-corrected chi connectivity index (χ3v) is 2.06. The maximum Gasteiger partial charge on any atom is 0.434 e. The van der Waals surface area contributed by atoms with Crippen LogP contribution in [-0.2, 0) is 6.18 Å². The van der Waals surface area contributed by atoms with Crippen LogP contribution in [0.5, 0.6) is 0 Å². The lowest BCUT2D eigenvalue weighted by molar-refractivity contribution is -0.139. The molecular formula is C9H7F3N2. The van der Waals surface area contributed by atoms with E-state index in [4.69, 9.17) is 0 Å². The number of rotatable bonds is 0. The van der Waals surface area contributed by atoms with E-state index in [1.54, 1.807) is 13.1 Å². The van der Waals surface area contributed by atoms with E-state index in [0.717, 1.165) is 6.20 Å². The molecule has 0 aliphatic heterocycles. The summed E-state index contributed by atoms with van der Waals surface area (Å²) in [5.41, 5.74) is 0.194. The average molecular weight is 200 g/mol. The number of nitrogens with zero attached hydrogens (tertiary/aromatic N) is 1. The molecule has 0 bridgehead atoms. The van der Waals surface area contributed by atoms with Gasteiger partial charge in [-0.05, 0) is 18.6 Å². The van der Waals surface area contributed by atoms with E-state index in [1.165, 1.54) is 6.07 Å². The highest BCUT2D eigenvalue weighted by Crippen LogP contribution is 2.34. The molecule has 14 heavy (non-hydrogen) atoms. The van der Waals surface area contributed by atoms with Crippen LogP contribution in [0, 0.1) is 6.92 Å². The van der Waals surface area contributed by atoms with Gasteiger partial charge in [-0.25, -0.2) is 0 Å². The van der Waals surface area contributed by atoms with Crippen LogP contribution in [0.15, 0.2) is 18.5 Å². The number of hydrogen-bond donors (Lipinski definition) is 1. The predicted molar refractivity (Wildman–Crippen MR) is 45.8 cm³/mol. The van der Waals surface area contributed by atoms with Gasteiger partial charge in [0.2, 0.25) is 0 Å². The lowest BCUT2D eigenvalue weighted by Crippen LogP contribution is -2.08. The Morgan fingerprint density at radius 1 is 1.36 bits per heavy atom. The van der Waals surface area contributed by atoms with Crippen LogP contribution in [0.1, 0.15) is 11.3 Å². The van der Waals surface area contributed by atoms with Crippen molar-refractivity contribution in [3.8, 4) is 0 Å². The standard InChI is InChI=1S/C9H7F3N2/c1-5-4-14-6-2-3-13-8(7(5)6)9(10,11)12/h2-4,14H,1H3. The van der Waals surface area contributed by atoms with Crippen molar-refractivity contribution in [3.05, 3.63) is 29.7 Å². The van der Waals surface area contributed by atoms with Crippen molar-refractivity contribution < 1.29 is 13.2 Å². The number of halogens is 3. The molecule has 0 unspecified atom stereocenters. The van der Waals surface area contributed by atoms with Gasteiger partial charge in [0.25, 0.3) is 0 Å². The smallest absolute Gasteiger partial charge is 0.361 e. The first-order valence-electron chi connectivity index (χ1n) is 4.00. The summed E-state index contributed by atoms with van der Waals surface area (Å²) in [7, 11) is 0. The molecule has 2 nitrogen and oxygen atoms in total. The van der Waals surface area contributed by atoms with Crippen LogP contribution in [0.4, 0.5) is 13.2 Å². The zero-order valence-corrected chi connectivity index (χ0v) is 7.31. The van der Waals surface area contributed by atoms with Gasteiger partial charge in [-0.3, -0.25) is 4.98 Å². The summed E-state index contributed by atoms with van der Waals surface area (Å²) >= 11 is 0. The number of aromatic amines is 1. The molecule has 0 spiro atoms. The highest BCUT2D eigenvalue weighted by Gasteiger charge is 2.35. The van der Waals surface area contributed by atoms with Crippen molar-refractivity contribution in [3.63, 3.8) is 0 Å². The highest BCUT2D eigenvalue weighted by atomic mass is 19.4. The van der Waals surface area contributed by atoms with Crippen LogP contribution in [0.3, 0.4) is 0 Å².